The van der Waals surface area contributed by atoms with Crippen molar-refractivity contribution in [1.29, 1.82) is 0 Å². The highest BCUT2D eigenvalue weighted by molar-refractivity contribution is 7.90. The number of aliphatic imine (C=N–C) groups is 1. The van der Waals surface area contributed by atoms with Crippen molar-refractivity contribution in [1.82, 2.24) is 24.8 Å². The van der Waals surface area contributed by atoms with Crippen LogP contribution in [0.25, 0.3) is 0 Å². The first-order valence-electron chi connectivity index (χ1n) is 24.4. The van der Waals surface area contributed by atoms with Crippen LogP contribution >= 0.6 is 0 Å². The number of benzene rings is 1. The zero-order valence-corrected chi connectivity index (χ0v) is 43.1. The van der Waals surface area contributed by atoms with Crippen LogP contribution in [0.2, 0.25) is 0 Å². The summed E-state index contributed by atoms with van der Waals surface area (Å²) in [7, 11) is 0.0882. The van der Waals surface area contributed by atoms with Crippen molar-refractivity contribution in [2.45, 2.75) is 171 Å². The fraction of sp³-hybridized carbons (Fsp3) is 0.720. The fourth-order valence-electron chi connectivity index (χ4n) is 10.9. The van der Waals surface area contributed by atoms with Crippen molar-refractivity contribution in [2.75, 3.05) is 40.2 Å². The van der Waals surface area contributed by atoms with E-state index in [9.17, 15) is 32.3 Å². The lowest BCUT2D eigenvalue weighted by molar-refractivity contribution is -0.295. The predicted octanol–water partition coefficient (Wildman–Crippen LogP) is 5.77. The quantitative estimate of drug-likeness (QED) is 0.136. The summed E-state index contributed by atoms with van der Waals surface area (Å²) in [5.41, 5.74) is -0.00225. The van der Waals surface area contributed by atoms with Gasteiger partial charge in [0.25, 0.3) is 0 Å². The van der Waals surface area contributed by atoms with Crippen LogP contribution < -0.4 is 0 Å². The van der Waals surface area contributed by atoms with Crippen molar-refractivity contribution >= 4 is 33.4 Å². The average Bonchev–Trinajstić information content (AvgIpc) is 3.74. The summed E-state index contributed by atoms with van der Waals surface area (Å²) in [5.74, 6) is -3.63. The molecule has 5 heterocycles. The first kappa shape index (κ1) is 54.2. The Morgan fingerprint density at radius 2 is 1.80 bits per heavy atom. The van der Waals surface area contributed by atoms with Gasteiger partial charge in [-0.1, -0.05) is 51.1 Å². The van der Waals surface area contributed by atoms with E-state index in [-0.39, 0.29) is 35.3 Å². The number of ketones is 1. The van der Waals surface area contributed by atoms with Crippen LogP contribution in [0.3, 0.4) is 0 Å². The highest BCUT2D eigenvalue weighted by Crippen LogP contribution is 2.42. The van der Waals surface area contributed by atoms with E-state index in [2.05, 4.69) is 30.7 Å². The first-order valence-corrected chi connectivity index (χ1v) is 26.3. The lowest BCUT2D eigenvalue weighted by Crippen LogP contribution is -2.63. The maximum absolute atomic E-state index is 14.6. The van der Waals surface area contributed by atoms with Gasteiger partial charge in [0.2, 0.25) is 0 Å². The van der Waals surface area contributed by atoms with Crippen molar-refractivity contribution < 1.29 is 56.0 Å². The Balaban J connectivity index is 1.22. The minimum Gasteiger partial charge on any atom is -0.458 e. The van der Waals surface area contributed by atoms with Crippen LogP contribution in [-0.2, 0) is 56.0 Å². The number of hydrogen-bond donors (Lipinski definition) is 1. The maximum Gasteiger partial charge on any atom is 0.411 e. The van der Waals surface area contributed by atoms with Crippen LogP contribution in [0, 0.1) is 23.7 Å². The normalized spacial score (nSPS) is 35.5. The first-order chi connectivity index (χ1) is 32.5. The SMILES string of the molecule is C=CC1CN=C2[C@H](C)CC[C@@](C)(OC)[C@H](O[C@@H]3O[C@H](C)C[C@H](N(C)CCc4cn([C@H](CF)Cc5ccc(S(C)(=O)=O)cc5)nn4)[C@H]3O)[C@@H](C)C(=O)[C@@H](C)C(=O)O[C@H](CC)[C@]3(C)C[C@@H]([C@H]2C)N1C(=O)O3. The molecule has 1 aromatic heterocycles. The second-order valence-corrected chi connectivity index (χ2v) is 22.4. The highest BCUT2D eigenvalue weighted by atomic mass is 32.2. The van der Waals surface area contributed by atoms with Gasteiger partial charge in [-0.15, -0.1) is 11.7 Å². The third kappa shape index (κ3) is 11.8. The largest absolute Gasteiger partial charge is 0.458 e. The summed E-state index contributed by atoms with van der Waals surface area (Å²) in [5, 5.41) is 20.6. The molecule has 17 nitrogen and oxygen atoms in total. The maximum atomic E-state index is 14.6. The number of hydrogen-bond acceptors (Lipinski definition) is 15. The van der Waals surface area contributed by atoms with Gasteiger partial charge in [-0.3, -0.25) is 19.5 Å². The molecule has 4 aliphatic heterocycles. The molecule has 1 aromatic carbocycles. The lowest BCUT2D eigenvalue weighted by Gasteiger charge is -2.50. The Kier molecular flexibility index (Phi) is 17.4. The van der Waals surface area contributed by atoms with Gasteiger partial charge >= 0.3 is 12.1 Å². The molecule has 19 heteroatoms. The summed E-state index contributed by atoms with van der Waals surface area (Å²) >= 11 is 0. The number of likely N-dealkylation sites (N-methyl/N-ethyl adjacent to an activating group) is 1. The van der Waals surface area contributed by atoms with E-state index in [0.717, 1.165) is 17.5 Å². The van der Waals surface area contributed by atoms with Crippen LogP contribution in [0.15, 0.2) is 53.0 Å². The molecule has 4 aliphatic rings. The Morgan fingerprint density at radius 3 is 2.42 bits per heavy atom. The molecule has 3 fully saturated rings. The Bertz CT molecular complexity index is 2280. The zero-order valence-electron chi connectivity index (χ0n) is 42.2. The third-order valence-electron chi connectivity index (χ3n) is 15.4. The summed E-state index contributed by atoms with van der Waals surface area (Å²) < 4.78 is 71.5. The number of carbonyl (C=O) groups is 3. The number of aliphatic hydroxyl groups is 1. The van der Waals surface area contributed by atoms with Crippen LogP contribution in [0.5, 0.6) is 0 Å². The van der Waals surface area contributed by atoms with E-state index in [0.29, 0.717) is 57.3 Å². The molecule has 15 atom stereocenters. The minimum absolute atomic E-state index is 0.0810. The van der Waals surface area contributed by atoms with Gasteiger partial charge < -0.3 is 33.7 Å². The molecule has 0 spiro atoms. The number of aliphatic hydroxyl groups excluding tert-OH is 1. The number of aromatic nitrogens is 3. The van der Waals surface area contributed by atoms with Crippen molar-refractivity contribution in [3.05, 3.63) is 54.4 Å². The standard InChI is InChI=1S/C50H75FN6O11S/c1-13-36-27-52-42-29(3)19-21-49(8,64-11)45(32(6)43(58)33(7)46(60)66-41(14-2)50(9)25-40(31(42)5)57(36)48(61)68-50)67-47-44(59)39(23-30(4)65-47)55(10)22-20-35-28-56(54-53-35)37(26-51)24-34-15-17-38(18-16-34)69(12,62)63/h13,15-18,28-33,36-37,39-41,44-45,47,59H,1,14,19-27H2,2-12H3/t29-,30-,31-,32+,33-,36?,37+,39+,40+,41-,44-,45-,47+,49-,50+/m1/s1. The summed E-state index contributed by atoms with van der Waals surface area (Å²) in [6.45, 7) is 18.9. The van der Waals surface area contributed by atoms with E-state index >= 15 is 0 Å². The molecule has 1 unspecified atom stereocenters. The number of Topliss-reactive ketones (excluding diaryl/α,β-unsaturated/α-hetero) is 1. The van der Waals surface area contributed by atoms with Gasteiger partial charge in [0.15, 0.2) is 21.9 Å². The number of ether oxygens (including phenoxy) is 5. The molecular formula is C50H75FN6O11S. The van der Waals surface area contributed by atoms with Crippen LogP contribution in [-0.4, -0.2) is 162 Å². The van der Waals surface area contributed by atoms with Crippen LogP contribution in [0.4, 0.5) is 9.18 Å². The smallest absolute Gasteiger partial charge is 0.411 e. The average molecular weight is 987 g/mol. The van der Waals surface area contributed by atoms with Crippen LogP contribution in [0.1, 0.15) is 105 Å². The summed E-state index contributed by atoms with van der Waals surface area (Å²) in [4.78, 5) is 51.6. The number of carbonyl (C=O) groups excluding carboxylic acids is 3. The molecule has 0 radical (unpaired) electrons. The van der Waals surface area contributed by atoms with E-state index in [1.807, 2.05) is 32.7 Å². The predicted molar refractivity (Wildman–Crippen MR) is 256 cm³/mol. The van der Waals surface area contributed by atoms with Crippen molar-refractivity contribution in [3.8, 4) is 0 Å². The molecule has 384 valence electrons. The van der Waals surface area contributed by atoms with E-state index in [1.54, 1.807) is 50.3 Å². The number of rotatable bonds is 14. The number of nitrogens with zero attached hydrogens (tertiary/aromatic N) is 6. The molecular weight excluding hydrogens is 912 g/mol. The molecule has 0 saturated carbocycles. The van der Waals surface area contributed by atoms with Gasteiger partial charge in [0, 0.05) is 68.6 Å². The van der Waals surface area contributed by atoms with E-state index < -0.39 is 100 Å². The van der Waals surface area contributed by atoms with E-state index in [1.165, 1.54) is 23.7 Å². The number of fused-ring (bicyclic) bond motifs is 2. The number of alkyl halides is 1. The van der Waals surface area contributed by atoms with Gasteiger partial charge in [-0.2, -0.15) is 0 Å². The molecule has 1 N–H and O–H groups in total. The topological polar surface area (TPSA) is 201 Å². The molecule has 3 bridgehead atoms. The number of sulfone groups is 1. The van der Waals surface area contributed by atoms with Crippen molar-refractivity contribution in [2.24, 2.45) is 28.7 Å². The van der Waals surface area contributed by atoms with Gasteiger partial charge in [-0.05, 0) is 90.5 Å². The van der Waals surface area contributed by atoms with E-state index in [4.69, 9.17) is 28.7 Å². The molecule has 69 heavy (non-hydrogen) atoms. The lowest BCUT2D eigenvalue weighted by atomic mass is 9.76. The molecule has 0 aliphatic carbocycles. The Labute approximate surface area is 407 Å². The Hall–Kier alpha value is -4.14. The summed E-state index contributed by atoms with van der Waals surface area (Å²) in [6.07, 6.45) is 2.32. The number of esters is 1. The second-order valence-electron chi connectivity index (χ2n) is 20.4. The Morgan fingerprint density at radius 1 is 1.10 bits per heavy atom. The van der Waals surface area contributed by atoms with Gasteiger partial charge in [0.05, 0.1) is 47.0 Å². The van der Waals surface area contributed by atoms with Gasteiger partial charge in [-0.25, -0.2) is 22.3 Å². The zero-order chi connectivity index (χ0) is 50.7. The molecule has 6 rings (SSSR count). The fourth-order valence-corrected chi connectivity index (χ4v) is 11.5. The summed E-state index contributed by atoms with van der Waals surface area (Å²) in [6, 6.07) is 4.53. The third-order valence-corrected chi connectivity index (χ3v) is 16.5. The molecule has 2 aromatic rings. The highest BCUT2D eigenvalue weighted by Gasteiger charge is 2.54. The number of halogens is 1. The number of cyclic esters (lactones) is 1. The van der Waals surface area contributed by atoms with Gasteiger partial charge in [0.1, 0.15) is 30.4 Å². The molecule has 1 amide bonds. The number of amides is 1. The van der Waals surface area contributed by atoms with Crippen molar-refractivity contribution in [3.63, 3.8) is 0 Å². The second kappa shape index (κ2) is 22.1. The monoisotopic (exact) mass is 987 g/mol. The minimum atomic E-state index is -3.36. The number of methoxy groups -OCH3 is 1. The molecule has 3 saturated heterocycles.